The van der Waals surface area contributed by atoms with Crippen molar-refractivity contribution in [3.63, 3.8) is 0 Å². The lowest BCUT2D eigenvalue weighted by Crippen LogP contribution is -2.68. The Labute approximate surface area is 233 Å². The fourth-order valence-electron chi connectivity index (χ4n) is 6.52. The Morgan fingerprint density at radius 2 is 1.51 bits per heavy atom. The van der Waals surface area contributed by atoms with Gasteiger partial charge in [0.05, 0.1) is 18.6 Å². The summed E-state index contributed by atoms with van der Waals surface area (Å²) < 4.78 is 13.3. The summed E-state index contributed by atoms with van der Waals surface area (Å²) in [6.45, 7) is 6.85. The number of hydrogen-bond donors (Lipinski definition) is 1. The molecule has 5 atom stereocenters. The molecule has 2 fully saturated rings. The van der Waals surface area contributed by atoms with Crippen LogP contribution >= 0.6 is 0 Å². The zero-order valence-electron chi connectivity index (χ0n) is 23.2. The van der Waals surface area contributed by atoms with Crippen LogP contribution in [0.2, 0.25) is 5.04 Å². The maximum atomic E-state index is 12.3. The van der Waals surface area contributed by atoms with E-state index in [1.807, 2.05) is 24.3 Å². The molecule has 1 aliphatic heterocycles. The molecular weight excluding hydrogens is 500 g/mol. The molecule has 5 rings (SSSR count). The minimum atomic E-state index is -2.77. The third-order valence-electron chi connectivity index (χ3n) is 8.42. The highest BCUT2D eigenvalue weighted by Crippen LogP contribution is 2.47. The molecule has 1 saturated heterocycles. The number of rotatable bonds is 9. The van der Waals surface area contributed by atoms with Crippen LogP contribution in [0.1, 0.15) is 45.6 Å². The Hall–Kier alpha value is -2.99. The fraction of sp³-hybridized carbons (Fsp3) is 0.382. The number of fused-ring (bicyclic) bond motifs is 1. The van der Waals surface area contributed by atoms with E-state index in [0.29, 0.717) is 19.3 Å². The molecule has 1 N–H and O–H groups in total. The van der Waals surface area contributed by atoms with Gasteiger partial charge in [0.1, 0.15) is 6.10 Å². The minimum absolute atomic E-state index is 0.00512. The van der Waals surface area contributed by atoms with Crippen molar-refractivity contribution in [1.29, 1.82) is 0 Å². The highest BCUT2D eigenvalue weighted by atomic mass is 28.4. The van der Waals surface area contributed by atoms with Crippen LogP contribution in [0.15, 0.2) is 103 Å². The van der Waals surface area contributed by atoms with Gasteiger partial charge in [-0.25, -0.2) is 0 Å². The Morgan fingerprint density at radius 3 is 2.08 bits per heavy atom. The van der Waals surface area contributed by atoms with E-state index in [9.17, 15) is 9.90 Å². The Morgan fingerprint density at radius 1 is 0.949 bits per heavy atom. The van der Waals surface area contributed by atoms with Gasteiger partial charge in [-0.1, -0.05) is 124 Å². The van der Waals surface area contributed by atoms with Crippen LogP contribution in [0.5, 0.6) is 0 Å². The molecule has 2 aliphatic rings. The van der Waals surface area contributed by atoms with Crippen LogP contribution in [0.3, 0.4) is 0 Å². The second-order valence-electron chi connectivity index (χ2n) is 12.0. The molecule has 3 aromatic rings. The predicted octanol–water partition coefficient (Wildman–Crippen LogP) is 5.43. The standard InChI is InChI=1S/C34H40O4Si/c1-34(2,3)39(27-15-9-5-10-16-27,28-17-11-6-12-18-28)38-32-24-31-30(23-33(36)37-31)29(32)22-21-26(35)20-19-25-13-7-4-8-14-25/h4-18,21-22,26,29-32,35H,19-20,23-24H2,1-3H3/b22-21+/t26-,29+,30+,31-,32+/m0/s1. The summed E-state index contributed by atoms with van der Waals surface area (Å²) in [5, 5.41) is 13.2. The van der Waals surface area contributed by atoms with E-state index < -0.39 is 14.4 Å². The third kappa shape index (κ3) is 5.81. The van der Waals surface area contributed by atoms with E-state index in [4.69, 9.17) is 9.16 Å². The summed E-state index contributed by atoms with van der Waals surface area (Å²) in [6, 6.07) is 31.6. The fourth-order valence-corrected chi connectivity index (χ4v) is 11.2. The maximum absolute atomic E-state index is 12.3. The Kier molecular flexibility index (Phi) is 8.22. The molecule has 1 saturated carbocycles. The average molecular weight is 541 g/mol. The highest BCUT2D eigenvalue weighted by molar-refractivity contribution is 6.99. The van der Waals surface area contributed by atoms with E-state index in [2.05, 4.69) is 99.6 Å². The lowest BCUT2D eigenvalue weighted by Gasteiger charge is -2.45. The molecule has 0 amide bonds. The minimum Gasteiger partial charge on any atom is -0.462 e. The largest absolute Gasteiger partial charge is 0.462 e. The lowest BCUT2D eigenvalue weighted by molar-refractivity contribution is -0.141. The monoisotopic (exact) mass is 540 g/mol. The molecule has 3 aromatic carbocycles. The SMILES string of the molecule is CC(C)(C)[Si](O[C@@H]1C[C@@H]2OC(=O)C[C@@H]2[C@H]1/C=C/[C@@H](O)CCc1ccccc1)(c1ccccc1)c1ccccc1. The van der Waals surface area contributed by atoms with Crippen molar-refractivity contribution in [2.24, 2.45) is 11.8 Å². The summed E-state index contributed by atoms with van der Waals surface area (Å²) in [5.41, 5.74) is 1.22. The number of ether oxygens (including phenoxy) is 1. The molecule has 1 aliphatic carbocycles. The van der Waals surface area contributed by atoms with E-state index in [-0.39, 0.29) is 35.1 Å². The topological polar surface area (TPSA) is 55.8 Å². The van der Waals surface area contributed by atoms with Crippen LogP contribution in [0.4, 0.5) is 0 Å². The van der Waals surface area contributed by atoms with Crippen molar-refractivity contribution in [3.8, 4) is 0 Å². The van der Waals surface area contributed by atoms with Gasteiger partial charge in [0.2, 0.25) is 0 Å². The van der Waals surface area contributed by atoms with E-state index in [1.165, 1.54) is 15.9 Å². The zero-order chi connectivity index (χ0) is 27.5. The number of carbonyl (C=O) groups is 1. The summed E-state index contributed by atoms with van der Waals surface area (Å²) in [6.07, 6.45) is 5.76. The van der Waals surface area contributed by atoms with Crippen molar-refractivity contribution >= 4 is 24.7 Å². The van der Waals surface area contributed by atoms with Gasteiger partial charge >= 0.3 is 5.97 Å². The van der Waals surface area contributed by atoms with E-state index in [0.717, 1.165) is 6.42 Å². The van der Waals surface area contributed by atoms with E-state index >= 15 is 0 Å². The summed E-state index contributed by atoms with van der Waals surface area (Å²) in [5.74, 6) is -0.0651. The first-order valence-electron chi connectivity index (χ1n) is 14.2. The smallest absolute Gasteiger partial charge is 0.306 e. The van der Waals surface area contributed by atoms with Crippen molar-refractivity contribution in [2.75, 3.05) is 0 Å². The second-order valence-corrected chi connectivity index (χ2v) is 16.3. The number of aliphatic hydroxyl groups excluding tert-OH is 1. The van der Waals surface area contributed by atoms with Crippen LogP contribution in [-0.4, -0.2) is 37.7 Å². The number of esters is 1. The van der Waals surface area contributed by atoms with Gasteiger partial charge in [-0.15, -0.1) is 0 Å². The molecule has 4 nitrogen and oxygen atoms in total. The molecule has 0 radical (unpaired) electrons. The van der Waals surface area contributed by atoms with Crippen molar-refractivity contribution in [1.82, 2.24) is 0 Å². The van der Waals surface area contributed by atoms with Crippen LogP contribution < -0.4 is 10.4 Å². The predicted molar refractivity (Wildman–Crippen MR) is 158 cm³/mol. The summed E-state index contributed by atoms with van der Waals surface area (Å²) in [7, 11) is -2.77. The second kappa shape index (κ2) is 11.6. The quantitative estimate of drug-likeness (QED) is 0.223. The van der Waals surface area contributed by atoms with Crippen LogP contribution in [0.25, 0.3) is 0 Å². The average Bonchev–Trinajstić information content (AvgIpc) is 3.45. The van der Waals surface area contributed by atoms with Gasteiger partial charge in [0.15, 0.2) is 0 Å². The number of benzene rings is 3. The molecule has 0 unspecified atom stereocenters. The van der Waals surface area contributed by atoms with Crippen molar-refractivity contribution in [3.05, 3.63) is 109 Å². The van der Waals surface area contributed by atoms with Crippen LogP contribution in [-0.2, 0) is 20.4 Å². The molecule has 0 bridgehead atoms. The molecule has 0 spiro atoms. The van der Waals surface area contributed by atoms with Gasteiger partial charge in [-0.05, 0) is 33.8 Å². The van der Waals surface area contributed by atoms with Gasteiger partial charge in [-0.2, -0.15) is 0 Å². The molecular formula is C34H40O4Si. The van der Waals surface area contributed by atoms with Crippen LogP contribution in [0, 0.1) is 11.8 Å². The molecule has 5 heteroatoms. The first-order valence-corrected chi connectivity index (χ1v) is 16.1. The first-order chi connectivity index (χ1) is 18.8. The number of aryl methyl sites for hydroxylation is 1. The first kappa shape index (κ1) is 27.6. The highest BCUT2D eigenvalue weighted by Gasteiger charge is 2.56. The van der Waals surface area contributed by atoms with Gasteiger partial charge in [-0.3, -0.25) is 4.79 Å². The normalized spacial score (nSPS) is 24.1. The summed E-state index contributed by atoms with van der Waals surface area (Å²) >= 11 is 0. The number of hydrogen-bond acceptors (Lipinski definition) is 4. The maximum Gasteiger partial charge on any atom is 0.306 e. The zero-order valence-corrected chi connectivity index (χ0v) is 24.2. The van der Waals surface area contributed by atoms with E-state index in [1.54, 1.807) is 0 Å². The molecule has 0 aromatic heterocycles. The van der Waals surface area contributed by atoms with Gasteiger partial charge < -0.3 is 14.3 Å². The number of aliphatic hydroxyl groups is 1. The Balaban J connectivity index is 1.46. The number of carbonyl (C=O) groups excluding carboxylic acids is 1. The van der Waals surface area contributed by atoms with Gasteiger partial charge in [0, 0.05) is 18.3 Å². The lowest BCUT2D eigenvalue weighted by atomic mass is 9.91. The third-order valence-corrected chi connectivity index (χ3v) is 13.5. The summed E-state index contributed by atoms with van der Waals surface area (Å²) in [4.78, 5) is 12.3. The van der Waals surface area contributed by atoms with Crippen molar-refractivity contribution in [2.45, 2.75) is 69.8 Å². The molecule has 39 heavy (non-hydrogen) atoms. The molecule has 204 valence electrons. The van der Waals surface area contributed by atoms with Crippen molar-refractivity contribution < 1.29 is 19.1 Å². The van der Waals surface area contributed by atoms with Gasteiger partial charge in [0.25, 0.3) is 8.32 Å². The Bertz CT molecular complexity index is 1210. The molecule has 1 heterocycles.